The van der Waals surface area contributed by atoms with Crippen molar-refractivity contribution in [2.24, 2.45) is 0 Å². The number of aryl methyl sites for hydroxylation is 2. The minimum atomic E-state index is -0.930. The molecule has 3 aromatic rings. The summed E-state index contributed by atoms with van der Waals surface area (Å²) < 4.78 is 3.65. The van der Waals surface area contributed by atoms with Crippen LogP contribution in [-0.4, -0.2) is 30.6 Å². The van der Waals surface area contributed by atoms with E-state index in [1.807, 2.05) is 36.1 Å². The van der Waals surface area contributed by atoms with Gasteiger partial charge in [-0.3, -0.25) is 9.36 Å². The van der Waals surface area contributed by atoms with E-state index in [0.717, 1.165) is 17.7 Å². The summed E-state index contributed by atoms with van der Waals surface area (Å²) in [5.74, 6) is -0.930. The molecule has 0 aliphatic carbocycles. The van der Waals surface area contributed by atoms with E-state index >= 15 is 0 Å². The molecule has 1 N–H and O–H groups in total. The van der Waals surface area contributed by atoms with Gasteiger partial charge in [-0.1, -0.05) is 24.3 Å². The average Bonchev–Trinajstić information content (AvgIpc) is 3.04. The number of aromatic carboxylic acids is 1. The van der Waals surface area contributed by atoms with Crippen molar-refractivity contribution in [2.45, 2.75) is 33.9 Å². The molecule has 0 radical (unpaired) electrons. The van der Waals surface area contributed by atoms with Crippen molar-refractivity contribution >= 4 is 5.97 Å². The predicted octanol–water partition coefficient (Wildman–Crippen LogP) is 2.80. The fourth-order valence-corrected chi connectivity index (χ4v) is 2.82. The van der Waals surface area contributed by atoms with Crippen LogP contribution in [-0.2, 0) is 13.1 Å². The number of aromatic nitrogens is 4. The summed E-state index contributed by atoms with van der Waals surface area (Å²) >= 11 is 0. The molecule has 3 rings (SSSR count). The monoisotopic (exact) mass is 324 g/mol. The van der Waals surface area contributed by atoms with Crippen LogP contribution >= 0.6 is 0 Å². The van der Waals surface area contributed by atoms with E-state index in [1.54, 1.807) is 18.5 Å². The second-order valence-corrected chi connectivity index (χ2v) is 6.04. The molecule has 0 atom stereocenters. The molecule has 2 aromatic heterocycles. The van der Waals surface area contributed by atoms with E-state index in [-0.39, 0.29) is 0 Å². The van der Waals surface area contributed by atoms with Crippen molar-refractivity contribution in [1.82, 2.24) is 19.6 Å². The van der Waals surface area contributed by atoms with Gasteiger partial charge in [-0.2, -0.15) is 10.2 Å². The summed E-state index contributed by atoms with van der Waals surface area (Å²) in [4.78, 5) is 11.3. The third kappa shape index (κ3) is 3.22. The Labute approximate surface area is 140 Å². The van der Waals surface area contributed by atoms with Crippen molar-refractivity contribution in [3.05, 3.63) is 70.3 Å². The molecular formula is C18H20N4O2. The smallest absolute Gasteiger partial charge is 0.339 e. The Bertz CT molecular complexity index is 875. The first kappa shape index (κ1) is 16.0. The molecule has 0 saturated carbocycles. The highest BCUT2D eigenvalue weighted by molar-refractivity contribution is 5.90. The molecule has 0 unspecified atom stereocenters. The number of carbonyl (C=O) groups is 1. The second-order valence-electron chi connectivity index (χ2n) is 6.04. The zero-order chi connectivity index (χ0) is 17.3. The molecule has 0 amide bonds. The number of benzene rings is 1. The number of carboxylic acids is 1. The maximum absolute atomic E-state index is 11.3. The van der Waals surface area contributed by atoms with Gasteiger partial charge in [0.15, 0.2) is 0 Å². The van der Waals surface area contributed by atoms with Gasteiger partial charge in [0.05, 0.1) is 30.7 Å². The van der Waals surface area contributed by atoms with Gasteiger partial charge in [0.25, 0.3) is 0 Å². The van der Waals surface area contributed by atoms with Crippen LogP contribution in [0, 0.1) is 20.8 Å². The molecule has 0 fully saturated rings. The SMILES string of the molecule is Cc1cnn(Cc2ccc(Cn3nc(C)c(C(=O)O)c3C)cc2)c1. The standard InChI is InChI=1S/C18H20N4O2/c1-12-8-19-21(9-12)10-15-4-6-16(7-5-15)11-22-14(3)17(18(23)24)13(2)20-22/h4-9H,10-11H2,1-3H3,(H,23,24). The Hall–Kier alpha value is -2.89. The van der Waals surface area contributed by atoms with Gasteiger partial charge in [0.2, 0.25) is 0 Å². The highest BCUT2D eigenvalue weighted by atomic mass is 16.4. The zero-order valence-electron chi connectivity index (χ0n) is 14.0. The molecule has 124 valence electrons. The van der Waals surface area contributed by atoms with E-state index in [1.165, 1.54) is 5.56 Å². The molecule has 6 heteroatoms. The Morgan fingerprint density at radius 2 is 1.71 bits per heavy atom. The van der Waals surface area contributed by atoms with Crippen LogP contribution in [0.3, 0.4) is 0 Å². The highest BCUT2D eigenvalue weighted by Gasteiger charge is 2.17. The van der Waals surface area contributed by atoms with Crippen LogP contribution < -0.4 is 0 Å². The van der Waals surface area contributed by atoms with E-state index in [2.05, 4.69) is 22.3 Å². The molecular weight excluding hydrogens is 304 g/mol. The summed E-state index contributed by atoms with van der Waals surface area (Å²) in [6.45, 7) is 6.82. The third-order valence-corrected chi connectivity index (χ3v) is 4.06. The van der Waals surface area contributed by atoms with Crippen molar-refractivity contribution < 1.29 is 9.90 Å². The summed E-state index contributed by atoms with van der Waals surface area (Å²) in [6, 6.07) is 8.22. The first-order valence-electron chi connectivity index (χ1n) is 7.78. The lowest BCUT2D eigenvalue weighted by Crippen LogP contribution is -2.06. The van der Waals surface area contributed by atoms with Crippen molar-refractivity contribution in [2.75, 3.05) is 0 Å². The normalized spacial score (nSPS) is 11.0. The lowest BCUT2D eigenvalue weighted by Gasteiger charge is -2.07. The Morgan fingerprint density at radius 1 is 1.08 bits per heavy atom. The fourth-order valence-electron chi connectivity index (χ4n) is 2.82. The van der Waals surface area contributed by atoms with Crippen LogP contribution in [0.25, 0.3) is 0 Å². The summed E-state index contributed by atoms with van der Waals surface area (Å²) in [5, 5.41) is 17.9. The number of hydrogen-bond acceptors (Lipinski definition) is 3. The summed E-state index contributed by atoms with van der Waals surface area (Å²) in [5.41, 5.74) is 4.91. The van der Waals surface area contributed by atoms with Gasteiger partial charge in [-0.05, 0) is 37.5 Å². The minimum absolute atomic E-state index is 0.292. The molecule has 0 aliphatic rings. The van der Waals surface area contributed by atoms with Crippen molar-refractivity contribution in [3.8, 4) is 0 Å². The molecule has 2 heterocycles. The van der Waals surface area contributed by atoms with Crippen LogP contribution in [0.15, 0.2) is 36.7 Å². The Kier molecular flexibility index (Phi) is 4.20. The molecule has 1 aromatic carbocycles. The maximum atomic E-state index is 11.3. The quantitative estimate of drug-likeness (QED) is 0.783. The Morgan fingerprint density at radius 3 is 2.21 bits per heavy atom. The predicted molar refractivity (Wildman–Crippen MR) is 90.3 cm³/mol. The first-order valence-corrected chi connectivity index (χ1v) is 7.78. The van der Waals surface area contributed by atoms with Gasteiger partial charge in [-0.15, -0.1) is 0 Å². The first-order chi connectivity index (χ1) is 11.4. The molecule has 24 heavy (non-hydrogen) atoms. The summed E-state index contributed by atoms with van der Waals surface area (Å²) in [7, 11) is 0. The Balaban J connectivity index is 1.75. The molecule has 0 spiro atoms. The van der Waals surface area contributed by atoms with E-state index in [4.69, 9.17) is 0 Å². The highest BCUT2D eigenvalue weighted by Crippen LogP contribution is 2.15. The molecule has 0 bridgehead atoms. The number of carboxylic acid groups (broad SMARTS) is 1. The maximum Gasteiger partial charge on any atom is 0.339 e. The largest absolute Gasteiger partial charge is 0.478 e. The lowest BCUT2D eigenvalue weighted by atomic mass is 10.1. The average molecular weight is 324 g/mol. The van der Waals surface area contributed by atoms with Crippen molar-refractivity contribution in [1.29, 1.82) is 0 Å². The fraction of sp³-hybridized carbons (Fsp3) is 0.278. The van der Waals surface area contributed by atoms with Crippen LogP contribution in [0.4, 0.5) is 0 Å². The molecule has 6 nitrogen and oxygen atoms in total. The second kappa shape index (κ2) is 6.31. The zero-order valence-corrected chi connectivity index (χ0v) is 14.0. The van der Waals surface area contributed by atoms with Crippen LogP contribution in [0.2, 0.25) is 0 Å². The minimum Gasteiger partial charge on any atom is -0.478 e. The van der Waals surface area contributed by atoms with E-state index in [9.17, 15) is 9.90 Å². The van der Waals surface area contributed by atoms with Crippen LogP contribution in [0.1, 0.15) is 38.4 Å². The molecule has 0 aliphatic heterocycles. The van der Waals surface area contributed by atoms with Gasteiger partial charge in [-0.25, -0.2) is 4.79 Å². The van der Waals surface area contributed by atoms with Gasteiger partial charge in [0.1, 0.15) is 5.56 Å². The number of nitrogens with zero attached hydrogens (tertiary/aromatic N) is 4. The van der Waals surface area contributed by atoms with Gasteiger partial charge in [0, 0.05) is 6.20 Å². The summed E-state index contributed by atoms with van der Waals surface area (Å²) in [6.07, 6.45) is 3.86. The van der Waals surface area contributed by atoms with Gasteiger partial charge < -0.3 is 5.11 Å². The lowest BCUT2D eigenvalue weighted by molar-refractivity contribution is 0.0695. The number of hydrogen-bond donors (Lipinski definition) is 1. The van der Waals surface area contributed by atoms with Crippen LogP contribution in [0.5, 0.6) is 0 Å². The topological polar surface area (TPSA) is 72.9 Å². The van der Waals surface area contributed by atoms with Gasteiger partial charge >= 0.3 is 5.97 Å². The number of rotatable bonds is 5. The molecule has 0 saturated heterocycles. The van der Waals surface area contributed by atoms with Crippen molar-refractivity contribution in [3.63, 3.8) is 0 Å². The van der Waals surface area contributed by atoms with E-state index in [0.29, 0.717) is 23.5 Å². The van der Waals surface area contributed by atoms with E-state index < -0.39 is 5.97 Å². The third-order valence-electron chi connectivity index (χ3n) is 4.06.